The molecule has 1 heterocycles. The van der Waals surface area contributed by atoms with Crippen molar-refractivity contribution in [2.45, 2.75) is 25.7 Å². The molecule has 1 fully saturated rings. The van der Waals surface area contributed by atoms with Crippen LogP contribution in [0.25, 0.3) is 0 Å². The Morgan fingerprint density at radius 1 is 1.67 bits per heavy atom. The Labute approximate surface area is 72.0 Å². The summed E-state index contributed by atoms with van der Waals surface area (Å²) in [6, 6.07) is 2.00. The lowest BCUT2D eigenvalue weighted by Gasteiger charge is -2.07. The van der Waals surface area contributed by atoms with Crippen LogP contribution in [0.2, 0.25) is 0 Å². The van der Waals surface area contributed by atoms with Crippen LogP contribution >= 0.6 is 0 Å². The third kappa shape index (κ3) is 3.18. The van der Waals surface area contributed by atoms with Crippen LogP contribution in [0.15, 0.2) is 0 Å². The summed E-state index contributed by atoms with van der Waals surface area (Å²) in [4.78, 5) is 0. The van der Waals surface area contributed by atoms with E-state index in [-0.39, 0.29) is 12.4 Å². The molecule has 12 heavy (non-hydrogen) atoms. The lowest BCUT2D eigenvalue weighted by atomic mass is 10.4. The van der Waals surface area contributed by atoms with Gasteiger partial charge in [0.05, 0.1) is 32.3 Å². The summed E-state index contributed by atoms with van der Waals surface area (Å²) in [5.41, 5.74) is 0. The van der Waals surface area contributed by atoms with Crippen molar-refractivity contribution in [3.05, 3.63) is 0 Å². The van der Waals surface area contributed by atoms with E-state index in [1.165, 1.54) is 0 Å². The second-order valence-corrected chi connectivity index (χ2v) is 2.64. The molecule has 0 amide bonds. The molecule has 4 heteroatoms. The lowest BCUT2D eigenvalue weighted by Crippen LogP contribution is -2.18. The summed E-state index contributed by atoms with van der Waals surface area (Å²) in [6.07, 6.45) is 0.358. The number of nitrogens with zero attached hydrogens (tertiary/aromatic N) is 1. The van der Waals surface area contributed by atoms with Gasteiger partial charge in [0, 0.05) is 0 Å². The van der Waals surface area contributed by atoms with E-state index in [2.05, 4.69) is 0 Å². The van der Waals surface area contributed by atoms with Gasteiger partial charge in [-0.15, -0.1) is 0 Å². The number of nitriles is 1. The zero-order valence-electron chi connectivity index (χ0n) is 7.16. The predicted octanol–water partition coefficient (Wildman–Crippen LogP) is 0.678. The SMILES string of the molecule is CC1OCC(COCCC#N)O1. The Morgan fingerprint density at radius 3 is 3.08 bits per heavy atom. The predicted molar refractivity (Wildman–Crippen MR) is 41.3 cm³/mol. The van der Waals surface area contributed by atoms with Crippen molar-refractivity contribution in [2.75, 3.05) is 19.8 Å². The average molecular weight is 171 g/mol. The molecule has 1 rings (SSSR count). The van der Waals surface area contributed by atoms with Crippen LogP contribution in [-0.4, -0.2) is 32.2 Å². The standard InChI is InChI=1S/C8H13NO3/c1-7-11-6-8(12-7)5-10-4-2-3-9/h7-8H,2,4-6H2,1H3. The molecule has 4 nitrogen and oxygen atoms in total. The van der Waals surface area contributed by atoms with E-state index in [0.29, 0.717) is 26.2 Å². The first-order valence-corrected chi connectivity index (χ1v) is 4.04. The van der Waals surface area contributed by atoms with Crippen molar-refractivity contribution in [3.63, 3.8) is 0 Å². The maximum absolute atomic E-state index is 8.21. The number of ether oxygens (including phenoxy) is 3. The van der Waals surface area contributed by atoms with Crippen LogP contribution in [0.4, 0.5) is 0 Å². The van der Waals surface area contributed by atoms with E-state index >= 15 is 0 Å². The zero-order chi connectivity index (χ0) is 8.81. The monoisotopic (exact) mass is 171 g/mol. The van der Waals surface area contributed by atoms with Gasteiger partial charge in [0.15, 0.2) is 6.29 Å². The van der Waals surface area contributed by atoms with Crippen molar-refractivity contribution in [1.82, 2.24) is 0 Å². The summed E-state index contributed by atoms with van der Waals surface area (Å²) < 4.78 is 15.6. The molecule has 2 atom stereocenters. The maximum Gasteiger partial charge on any atom is 0.155 e. The van der Waals surface area contributed by atoms with E-state index in [4.69, 9.17) is 19.5 Å². The summed E-state index contributed by atoms with van der Waals surface area (Å²) in [5, 5.41) is 8.21. The summed E-state index contributed by atoms with van der Waals surface area (Å²) in [5.74, 6) is 0. The molecular weight excluding hydrogens is 158 g/mol. The summed E-state index contributed by atoms with van der Waals surface area (Å²) >= 11 is 0. The van der Waals surface area contributed by atoms with E-state index in [0.717, 1.165) is 0 Å². The molecule has 0 aliphatic carbocycles. The van der Waals surface area contributed by atoms with Crippen molar-refractivity contribution >= 4 is 0 Å². The first-order chi connectivity index (χ1) is 5.83. The van der Waals surface area contributed by atoms with Crippen LogP contribution in [-0.2, 0) is 14.2 Å². The van der Waals surface area contributed by atoms with Crippen LogP contribution in [0.5, 0.6) is 0 Å². The first-order valence-electron chi connectivity index (χ1n) is 4.04. The zero-order valence-corrected chi connectivity index (χ0v) is 7.16. The Bertz CT molecular complexity index is 166. The molecule has 2 unspecified atom stereocenters. The minimum absolute atomic E-state index is 0.0405. The molecule has 0 aromatic rings. The van der Waals surface area contributed by atoms with Crippen molar-refractivity contribution in [3.8, 4) is 6.07 Å². The van der Waals surface area contributed by atoms with Crippen LogP contribution in [0, 0.1) is 11.3 Å². The smallest absolute Gasteiger partial charge is 0.155 e. The number of hydrogen-bond donors (Lipinski definition) is 0. The van der Waals surface area contributed by atoms with Crippen molar-refractivity contribution in [1.29, 1.82) is 5.26 Å². The van der Waals surface area contributed by atoms with Crippen molar-refractivity contribution in [2.24, 2.45) is 0 Å². The molecule has 0 spiro atoms. The van der Waals surface area contributed by atoms with Gasteiger partial charge in [-0.05, 0) is 6.92 Å². The molecular formula is C8H13NO3. The van der Waals surface area contributed by atoms with Gasteiger partial charge < -0.3 is 14.2 Å². The molecule has 0 aromatic heterocycles. The van der Waals surface area contributed by atoms with E-state index in [1.54, 1.807) is 0 Å². The van der Waals surface area contributed by atoms with Gasteiger partial charge >= 0.3 is 0 Å². The maximum atomic E-state index is 8.21. The molecule has 1 aliphatic rings. The second kappa shape index (κ2) is 5.09. The number of hydrogen-bond acceptors (Lipinski definition) is 4. The molecule has 0 bridgehead atoms. The highest BCUT2D eigenvalue weighted by atomic mass is 16.7. The molecule has 0 radical (unpaired) electrons. The topological polar surface area (TPSA) is 51.5 Å². The molecule has 1 saturated heterocycles. The summed E-state index contributed by atoms with van der Waals surface area (Å²) in [7, 11) is 0. The van der Waals surface area contributed by atoms with E-state index < -0.39 is 0 Å². The third-order valence-electron chi connectivity index (χ3n) is 1.56. The Morgan fingerprint density at radius 2 is 2.50 bits per heavy atom. The fraction of sp³-hybridized carbons (Fsp3) is 0.875. The van der Waals surface area contributed by atoms with Crippen LogP contribution in [0.3, 0.4) is 0 Å². The van der Waals surface area contributed by atoms with E-state index in [9.17, 15) is 0 Å². The van der Waals surface area contributed by atoms with Gasteiger partial charge in [-0.25, -0.2) is 0 Å². The van der Waals surface area contributed by atoms with Crippen molar-refractivity contribution < 1.29 is 14.2 Å². The molecule has 68 valence electrons. The second-order valence-electron chi connectivity index (χ2n) is 2.64. The highest BCUT2D eigenvalue weighted by Gasteiger charge is 2.21. The van der Waals surface area contributed by atoms with E-state index in [1.807, 2.05) is 13.0 Å². The van der Waals surface area contributed by atoms with Crippen LogP contribution in [0.1, 0.15) is 13.3 Å². The Kier molecular flexibility index (Phi) is 4.01. The summed E-state index contributed by atoms with van der Waals surface area (Å²) in [6.45, 7) is 3.44. The van der Waals surface area contributed by atoms with Crippen LogP contribution < -0.4 is 0 Å². The van der Waals surface area contributed by atoms with Gasteiger partial charge in [-0.1, -0.05) is 0 Å². The fourth-order valence-corrected chi connectivity index (χ4v) is 1.01. The largest absolute Gasteiger partial charge is 0.378 e. The van der Waals surface area contributed by atoms with Gasteiger partial charge in [0.1, 0.15) is 6.10 Å². The van der Waals surface area contributed by atoms with Gasteiger partial charge in [-0.3, -0.25) is 0 Å². The minimum atomic E-state index is -0.116. The highest BCUT2D eigenvalue weighted by molar-refractivity contribution is 4.68. The fourth-order valence-electron chi connectivity index (χ4n) is 1.01. The molecule has 0 saturated carbocycles. The number of rotatable bonds is 4. The third-order valence-corrected chi connectivity index (χ3v) is 1.56. The Hall–Kier alpha value is -0.630. The lowest BCUT2D eigenvalue weighted by molar-refractivity contribution is -0.0578. The molecule has 0 aromatic carbocycles. The molecule has 0 N–H and O–H groups in total. The van der Waals surface area contributed by atoms with Gasteiger partial charge in [0.2, 0.25) is 0 Å². The minimum Gasteiger partial charge on any atom is -0.378 e. The quantitative estimate of drug-likeness (QED) is 0.583. The normalized spacial score (nSPS) is 28.7. The molecule has 1 aliphatic heterocycles. The van der Waals surface area contributed by atoms with Gasteiger partial charge in [-0.2, -0.15) is 5.26 Å². The van der Waals surface area contributed by atoms with Gasteiger partial charge in [0.25, 0.3) is 0 Å². The Balaban J connectivity index is 1.97. The average Bonchev–Trinajstić information content (AvgIpc) is 2.45. The first kappa shape index (κ1) is 9.46. The highest BCUT2D eigenvalue weighted by Crippen LogP contribution is 2.10.